The summed E-state index contributed by atoms with van der Waals surface area (Å²) in [6, 6.07) is 8.87. The summed E-state index contributed by atoms with van der Waals surface area (Å²) in [5.41, 5.74) is 1.98. The van der Waals surface area contributed by atoms with Crippen molar-refractivity contribution in [2.24, 2.45) is 0 Å². The van der Waals surface area contributed by atoms with Gasteiger partial charge in [-0.15, -0.1) is 5.10 Å². The number of anilines is 1. The Morgan fingerprint density at radius 1 is 1.22 bits per heavy atom. The smallest absolute Gasteiger partial charge is 0.251 e. The van der Waals surface area contributed by atoms with Gasteiger partial charge in [0.05, 0.1) is 31.1 Å². The Bertz CT molecular complexity index is 909. The van der Waals surface area contributed by atoms with Gasteiger partial charge in [-0.1, -0.05) is 6.07 Å². The molecule has 3 aromatic rings. The quantitative estimate of drug-likeness (QED) is 0.683. The molecule has 3 heterocycles. The first-order chi connectivity index (χ1) is 13.3. The summed E-state index contributed by atoms with van der Waals surface area (Å²) >= 11 is 0. The van der Waals surface area contributed by atoms with Gasteiger partial charge in [-0.25, -0.2) is 14.6 Å². The minimum atomic E-state index is -0.198. The van der Waals surface area contributed by atoms with Crippen molar-refractivity contribution in [1.82, 2.24) is 35.5 Å². The fraction of sp³-hybridized carbons (Fsp3) is 0.294. The van der Waals surface area contributed by atoms with E-state index in [4.69, 9.17) is 4.74 Å². The molecule has 10 heteroatoms. The summed E-state index contributed by atoms with van der Waals surface area (Å²) in [5, 5.41) is 13.9. The minimum absolute atomic E-state index is 0.198. The van der Waals surface area contributed by atoms with E-state index in [-0.39, 0.29) is 5.91 Å². The molecule has 1 saturated heterocycles. The van der Waals surface area contributed by atoms with Crippen LogP contribution in [0.2, 0.25) is 0 Å². The van der Waals surface area contributed by atoms with Gasteiger partial charge in [0.2, 0.25) is 5.95 Å². The molecule has 1 aliphatic heterocycles. The summed E-state index contributed by atoms with van der Waals surface area (Å²) in [6.07, 6.45) is 3.18. The first-order valence-corrected chi connectivity index (χ1v) is 8.56. The van der Waals surface area contributed by atoms with E-state index in [0.29, 0.717) is 37.0 Å². The zero-order valence-electron chi connectivity index (χ0n) is 14.5. The first kappa shape index (κ1) is 17.0. The maximum absolute atomic E-state index is 12.5. The number of rotatable bonds is 5. The van der Waals surface area contributed by atoms with Gasteiger partial charge in [0, 0.05) is 24.8 Å². The number of ether oxygens (including phenoxy) is 1. The number of hydrogen-bond acceptors (Lipinski definition) is 8. The number of hydrogen-bond donors (Lipinski definition) is 1. The van der Waals surface area contributed by atoms with Crippen molar-refractivity contribution in [3.8, 4) is 5.69 Å². The Morgan fingerprint density at radius 2 is 2.11 bits per heavy atom. The zero-order valence-corrected chi connectivity index (χ0v) is 14.5. The van der Waals surface area contributed by atoms with Crippen molar-refractivity contribution in [3.05, 3.63) is 54.1 Å². The van der Waals surface area contributed by atoms with E-state index in [0.717, 1.165) is 18.8 Å². The molecular formula is C17H18N8O2. The van der Waals surface area contributed by atoms with Crippen LogP contribution in [0.15, 0.2) is 42.9 Å². The van der Waals surface area contributed by atoms with Crippen LogP contribution in [-0.4, -0.2) is 62.4 Å². The van der Waals surface area contributed by atoms with E-state index in [1.54, 1.807) is 30.5 Å². The lowest BCUT2D eigenvalue weighted by molar-refractivity contribution is 0.0950. The Hall–Kier alpha value is -3.40. The molecule has 1 fully saturated rings. The zero-order chi connectivity index (χ0) is 18.5. The van der Waals surface area contributed by atoms with Crippen LogP contribution in [0, 0.1) is 0 Å². The fourth-order valence-corrected chi connectivity index (χ4v) is 2.74. The van der Waals surface area contributed by atoms with Gasteiger partial charge in [-0.05, 0) is 34.7 Å². The molecule has 0 spiro atoms. The molecule has 2 aromatic heterocycles. The average Bonchev–Trinajstić information content (AvgIpc) is 3.28. The molecule has 27 heavy (non-hydrogen) atoms. The largest absolute Gasteiger partial charge is 0.378 e. The highest BCUT2D eigenvalue weighted by Gasteiger charge is 2.14. The van der Waals surface area contributed by atoms with Gasteiger partial charge >= 0.3 is 0 Å². The van der Waals surface area contributed by atoms with E-state index in [9.17, 15) is 4.79 Å². The monoisotopic (exact) mass is 366 g/mol. The summed E-state index contributed by atoms with van der Waals surface area (Å²) < 4.78 is 6.84. The fourth-order valence-electron chi connectivity index (χ4n) is 2.74. The van der Waals surface area contributed by atoms with Crippen LogP contribution in [0.4, 0.5) is 5.95 Å². The summed E-state index contributed by atoms with van der Waals surface area (Å²) in [4.78, 5) is 23.4. The van der Waals surface area contributed by atoms with Crippen LogP contribution >= 0.6 is 0 Å². The number of nitrogens with one attached hydrogen (secondary N) is 1. The third-order valence-electron chi connectivity index (χ3n) is 4.15. The summed E-state index contributed by atoms with van der Waals surface area (Å²) in [7, 11) is 0. The average molecular weight is 366 g/mol. The standard InChI is InChI=1S/C17H18N8O2/c26-16(13-2-1-3-15(10-13)25-12-20-22-23-25)19-11-14-4-5-18-17(21-14)24-6-8-27-9-7-24/h1-5,10,12H,6-9,11H2,(H,19,26). The second kappa shape index (κ2) is 7.87. The summed E-state index contributed by atoms with van der Waals surface area (Å²) in [6.45, 7) is 3.18. The van der Waals surface area contributed by atoms with Crippen molar-refractivity contribution in [1.29, 1.82) is 0 Å². The maximum atomic E-state index is 12.5. The highest BCUT2D eigenvalue weighted by Crippen LogP contribution is 2.11. The number of nitrogens with zero attached hydrogens (tertiary/aromatic N) is 7. The topological polar surface area (TPSA) is 111 Å². The maximum Gasteiger partial charge on any atom is 0.251 e. The molecule has 0 bridgehead atoms. The molecule has 0 atom stereocenters. The van der Waals surface area contributed by atoms with Gasteiger partial charge in [0.15, 0.2) is 0 Å². The van der Waals surface area contributed by atoms with E-state index >= 15 is 0 Å². The van der Waals surface area contributed by atoms with Gasteiger partial charge < -0.3 is 15.0 Å². The molecule has 1 aromatic carbocycles. The first-order valence-electron chi connectivity index (χ1n) is 8.56. The van der Waals surface area contributed by atoms with Crippen LogP contribution < -0.4 is 10.2 Å². The Kier molecular flexibility index (Phi) is 4.97. The van der Waals surface area contributed by atoms with Crippen LogP contribution in [0.1, 0.15) is 16.1 Å². The molecular weight excluding hydrogens is 348 g/mol. The number of benzene rings is 1. The molecule has 0 saturated carbocycles. The van der Waals surface area contributed by atoms with Crippen molar-refractivity contribution >= 4 is 11.9 Å². The SMILES string of the molecule is O=C(NCc1ccnc(N2CCOCC2)n1)c1cccc(-n2cnnn2)c1. The molecule has 1 aliphatic rings. The molecule has 0 radical (unpaired) electrons. The predicted octanol–water partition coefficient (Wildman–Crippen LogP) is 0.219. The third-order valence-corrected chi connectivity index (χ3v) is 4.15. The molecule has 0 unspecified atom stereocenters. The number of tetrazole rings is 1. The lowest BCUT2D eigenvalue weighted by atomic mass is 10.2. The third kappa shape index (κ3) is 4.06. The number of carbonyl (C=O) groups is 1. The molecule has 4 rings (SSSR count). The second-order valence-corrected chi connectivity index (χ2v) is 5.93. The van der Waals surface area contributed by atoms with E-state index in [1.807, 2.05) is 6.07 Å². The summed E-state index contributed by atoms with van der Waals surface area (Å²) in [5.74, 6) is 0.460. The second-order valence-electron chi connectivity index (χ2n) is 5.93. The van der Waals surface area contributed by atoms with Gasteiger partial charge in [-0.2, -0.15) is 0 Å². The highest BCUT2D eigenvalue weighted by molar-refractivity contribution is 5.94. The number of carbonyl (C=O) groups excluding carboxylic acids is 1. The van der Waals surface area contributed by atoms with E-state index < -0.39 is 0 Å². The lowest BCUT2D eigenvalue weighted by Crippen LogP contribution is -2.37. The number of amides is 1. The van der Waals surface area contributed by atoms with Crippen molar-refractivity contribution in [2.75, 3.05) is 31.2 Å². The molecule has 10 nitrogen and oxygen atoms in total. The Balaban J connectivity index is 1.41. The van der Waals surface area contributed by atoms with Crippen molar-refractivity contribution < 1.29 is 9.53 Å². The predicted molar refractivity (Wildman–Crippen MR) is 95.4 cm³/mol. The molecule has 1 N–H and O–H groups in total. The van der Waals surface area contributed by atoms with E-state index in [2.05, 4.69) is 35.7 Å². The lowest BCUT2D eigenvalue weighted by Gasteiger charge is -2.26. The van der Waals surface area contributed by atoms with Gasteiger partial charge in [0.25, 0.3) is 5.91 Å². The van der Waals surface area contributed by atoms with Gasteiger partial charge in [0.1, 0.15) is 6.33 Å². The van der Waals surface area contributed by atoms with Crippen molar-refractivity contribution in [3.63, 3.8) is 0 Å². The van der Waals surface area contributed by atoms with Crippen LogP contribution in [0.3, 0.4) is 0 Å². The van der Waals surface area contributed by atoms with Crippen LogP contribution in [0.25, 0.3) is 5.69 Å². The molecule has 138 valence electrons. The van der Waals surface area contributed by atoms with Crippen molar-refractivity contribution in [2.45, 2.75) is 6.54 Å². The number of aromatic nitrogens is 6. The van der Waals surface area contributed by atoms with Crippen LogP contribution in [-0.2, 0) is 11.3 Å². The normalized spacial score (nSPS) is 14.1. The Labute approximate surface area is 155 Å². The molecule has 1 amide bonds. The highest BCUT2D eigenvalue weighted by atomic mass is 16.5. The number of morpholine rings is 1. The minimum Gasteiger partial charge on any atom is -0.378 e. The van der Waals surface area contributed by atoms with Gasteiger partial charge in [-0.3, -0.25) is 4.79 Å². The molecule has 0 aliphatic carbocycles. The van der Waals surface area contributed by atoms with E-state index in [1.165, 1.54) is 11.0 Å². The Morgan fingerprint density at radius 3 is 2.93 bits per heavy atom. The van der Waals surface area contributed by atoms with Crippen LogP contribution in [0.5, 0.6) is 0 Å².